The summed E-state index contributed by atoms with van der Waals surface area (Å²) in [6, 6.07) is 8.24. The van der Waals surface area contributed by atoms with Crippen LogP contribution in [0, 0.1) is 19.3 Å². The van der Waals surface area contributed by atoms with Crippen molar-refractivity contribution in [1.82, 2.24) is 0 Å². The third kappa shape index (κ3) is 4.74. The zero-order chi connectivity index (χ0) is 11.8. The van der Waals surface area contributed by atoms with E-state index in [1.54, 1.807) is 11.8 Å². The highest BCUT2D eigenvalue weighted by Gasteiger charge is 2.05. The summed E-state index contributed by atoms with van der Waals surface area (Å²) in [6.45, 7) is 2.09. The minimum Gasteiger partial charge on any atom is -0.392 e. The first-order valence-electron chi connectivity index (χ1n) is 5.54. The lowest BCUT2D eigenvalue weighted by Gasteiger charge is -2.10. The molecule has 1 rings (SSSR count). The fraction of sp³-hybridized carbons (Fsp3) is 0.429. The quantitative estimate of drug-likeness (QED) is 0.463. The van der Waals surface area contributed by atoms with Crippen molar-refractivity contribution in [3.8, 4) is 12.3 Å². The average Bonchev–Trinajstić information content (AvgIpc) is 2.28. The van der Waals surface area contributed by atoms with Gasteiger partial charge in [0.15, 0.2) is 0 Å². The van der Waals surface area contributed by atoms with Crippen molar-refractivity contribution in [2.45, 2.75) is 37.2 Å². The summed E-state index contributed by atoms with van der Waals surface area (Å²) in [7, 11) is 0. The molecule has 0 spiro atoms. The van der Waals surface area contributed by atoms with E-state index in [1.807, 2.05) is 12.1 Å². The lowest BCUT2D eigenvalue weighted by atomic mass is 10.2. The molecule has 0 bridgehead atoms. The molecule has 0 fully saturated rings. The smallest absolute Gasteiger partial charge is 0.0634 e. The van der Waals surface area contributed by atoms with E-state index < -0.39 is 0 Å². The zero-order valence-corrected chi connectivity index (χ0v) is 10.5. The van der Waals surface area contributed by atoms with Crippen LogP contribution in [0.25, 0.3) is 0 Å². The molecule has 86 valence electrons. The zero-order valence-electron chi connectivity index (χ0n) is 9.65. The van der Waals surface area contributed by atoms with Crippen LogP contribution in [0.1, 0.15) is 24.8 Å². The van der Waals surface area contributed by atoms with E-state index in [0.717, 1.165) is 25.0 Å². The van der Waals surface area contributed by atoms with E-state index in [2.05, 4.69) is 25.0 Å². The number of rotatable bonds is 6. The maximum atomic E-state index is 9.74. The van der Waals surface area contributed by atoms with E-state index in [0.29, 0.717) is 0 Å². The third-order valence-electron chi connectivity index (χ3n) is 2.38. The third-order valence-corrected chi connectivity index (χ3v) is 3.70. The molecule has 2 heteroatoms. The number of aliphatic hydroxyl groups excluding tert-OH is 1. The van der Waals surface area contributed by atoms with Gasteiger partial charge in [0.25, 0.3) is 0 Å². The highest BCUT2D eigenvalue weighted by molar-refractivity contribution is 7.99. The van der Waals surface area contributed by atoms with Crippen LogP contribution in [0.4, 0.5) is 0 Å². The predicted octanol–water partition coefficient (Wildman–Crippen LogP) is 3.25. The molecule has 16 heavy (non-hydrogen) atoms. The summed E-state index contributed by atoms with van der Waals surface area (Å²) in [4.78, 5) is 1.25. The molecular formula is C14H18OS. The molecule has 1 atom stereocenters. The van der Waals surface area contributed by atoms with Gasteiger partial charge in [-0.1, -0.05) is 18.2 Å². The molecule has 1 nitrogen and oxygen atoms in total. The van der Waals surface area contributed by atoms with Gasteiger partial charge < -0.3 is 5.11 Å². The Hall–Kier alpha value is -0.910. The number of hydrogen-bond acceptors (Lipinski definition) is 2. The standard InChI is InChI=1S/C14H18OS/c1-3-4-5-9-13(15)11-16-14-10-7-6-8-12(14)2/h1,6-8,10,13,15H,4-5,9,11H2,2H3. The Kier molecular flexibility index (Phi) is 6.07. The van der Waals surface area contributed by atoms with Gasteiger partial charge >= 0.3 is 0 Å². The molecule has 0 heterocycles. The molecule has 1 N–H and O–H groups in total. The molecule has 0 saturated heterocycles. The molecule has 0 aliphatic carbocycles. The van der Waals surface area contributed by atoms with E-state index >= 15 is 0 Å². The van der Waals surface area contributed by atoms with Crippen LogP contribution in [0.15, 0.2) is 29.2 Å². The monoisotopic (exact) mass is 234 g/mol. The van der Waals surface area contributed by atoms with Crippen molar-refractivity contribution >= 4 is 11.8 Å². The second-order valence-electron chi connectivity index (χ2n) is 3.83. The maximum absolute atomic E-state index is 9.74. The molecule has 1 unspecified atom stereocenters. The molecule has 1 aromatic rings. The fourth-order valence-electron chi connectivity index (χ4n) is 1.43. The molecule has 1 aromatic carbocycles. The van der Waals surface area contributed by atoms with E-state index in [4.69, 9.17) is 6.42 Å². The molecule has 0 aliphatic rings. The average molecular weight is 234 g/mol. The number of aryl methyl sites for hydroxylation is 1. The number of unbranched alkanes of at least 4 members (excludes halogenated alkanes) is 1. The first-order chi connectivity index (χ1) is 7.74. The van der Waals surface area contributed by atoms with Crippen molar-refractivity contribution in [1.29, 1.82) is 0 Å². The van der Waals surface area contributed by atoms with Crippen molar-refractivity contribution in [3.63, 3.8) is 0 Å². The molecule has 0 aliphatic heterocycles. The SMILES string of the molecule is C#CCCCC(O)CSc1ccccc1C. The van der Waals surface area contributed by atoms with Crippen molar-refractivity contribution < 1.29 is 5.11 Å². The van der Waals surface area contributed by atoms with Crippen LogP contribution in [-0.4, -0.2) is 17.0 Å². The van der Waals surface area contributed by atoms with E-state index in [1.165, 1.54) is 10.5 Å². The second kappa shape index (κ2) is 7.38. The van der Waals surface area contributed by atoms with Gasteiger partial charge in [-0.15, -0.1) is 24.1 Å². The van der Waals surface area contributed by atoms with E-state index in [9.17, 15) is 5.11 Å². The summed E-state index contributed by atoms with van der Waals surface area (Å²) in [6.07, 6.45) is 7.37. The van der Waals surface area contributed by atoms with Crippen LogP contribution >= 0.6 is 11.8 Å². The Morgan fingerprint density at radius 1 is 1.44 bits per heavy atom. The fourth-order valence-corrected chi connectivity index (χ4v) is 2.44. The molecular weight excluding hydrogens is 216 g/mol. The lowest BCUT2D eigenvalue weighted by Crippen LogP contribution is -2.09. The molecule has 0 saturated carbocycles. The number of aliphatic hydroxyl groups is 1. The Balaban J connectivity index is 2.29. The van der Waals surface area contributed by atoms with Gasteiger partial charge in [-0.3, -0.25) is 0 Å². The van der Waals surface area contributed by atoms with Gasteiger partial charge in [-0.05, 0) is 31.4 Å². The lowest BCUT2D eigenvalue weighted by molar-refractivity contribution is 0.187. The van der Waals surface area contributed by atoms with Gasteiger partial charge in [0.1, 0.15) is 0 Å². The largest absolute Gasteiger partial charge is 0.392 e. The minimum absolute atomic E-state index is 0.252. The van der Waals surface area contributed by atoms with Crippen molar-refractivity contribution in [2.75, 3.05) is 5.75 Å². The summed E-state index contributed by atoms with van der Waals surface area (Å²) in [5, 5.41) is 9.74. The molecule has 0 aromatic heterocycles. The van der Waals surface area contributed by atoms with Crippen LogP contribution in [0.2, 0.25) is 0 Å². The summed E-state index contributed by atoms with van der Waals surface area (Å²) in [5.74, 6) is 3.33. The van der Waals surface area contributed by atoms with E-state index in [-0.39, 0.29) is 6.10 Å². The van der Waals surface area contributed by atoms with Crippen molar-refractivity contribution in [3.05, 3.63) is 29.8 Å². The number of hydrogen-bond donors (Lipinski definition) is 1. The summed E-state index contributed by atoms with van der Waals surface area (Å²) < 4.78 is 0. The normalized spacial score (nSPS) is 12.1. The highest BCUT2D eigenvalue weighted by Crippen LogP contribution is 2.23. The topological polar surface area (TPSA) is 20.2 Å². The number of thioether (sulfide) groups is 1. The first kappa shape index (κ1) is 13.2. The Labute approximate surface area is 102 Å². The Morgan fingerprint density at radius 2 is 2.19 bits per heavy atom. The maximum Gasteiger partial charge on any atom is 0.0634 e. The Bertz CT molecular complexity index is 354. The Morgan fingerprint density at radius 3 is 2.88 bits per heavy atom. The van der Waals surface area contributed by atoms with Crippen LogP contribution in [0.3, 0.4) is 0 Å². The van der Waals surface area contributed by atoms with Crippen LogP contribution in [-0.2, 0) is 0 Å². The molecule has 0 amide bonds. The predicted molar refractivity (Wildman–Crippen MR) is 70.6 cm³/mol. The minimum atomic E-state index is -0.252. The summed E-state index contributed by atoms with van der Waals surface area (Å²) >= 11 is 1.71. The van der Waals surface area contributed by atoms with Gasteiger partial charge in [-0.2, -0.15) is 0 Å². The number of benzene rings is 1. The first-order valence-corrected chi connectivity index (χ1v) is 6.52. The van der Waals surface area contributed by atoms with Gasteiger partial charge in [0, 0.05) is 17.1 Å². The molecule has 0 radical (unpaired) electrons. The van der Waals surface area contributed by atoms with Crippen LogP contribution in [0.5, 0.6) is 0 Å². The highest BCUT2D eigenvalue weighted by atomic mass is 32.2. The van der Waals surface area contributed by atoms with Gasteiger partial charge in [0.2, 0.25) is 0 Å². The summed E-state index contributed by atoms with van der Waals surface area (Å²) in [5.41, 5.74) is 1.27. The van der Waals surface area contributed by atoms with Crippen LogP contribution < -0.4 is 0 Å². The van der Waals surface area contributed by atoms with Gasteiger partial charge in [0.05, 0.1) is 6.10 Å². The second-order valence-corrected chi connectivity index (χ2v) is 4.89. The van der Waals surface area contributed by atoms with Crippen molar-refractivity contribution in [2.24, 2.45) is 0 Å². The number of terminal acetylenes is 1. The van der Waals surface area contributed by atoms with Gasteiger partial charge in [-0.25, -0.2) is 0 Å².